The Morgan fingerprint density at radius 1 is 1.08 bits per heavy atom. The van der Waals surface area contributed by atoms with E-state index in [1.54, 1.807) is 18.2 Å². The molecule has 6 heteroatoms. The van der Waals surface area contributed by atoms with E-state index in [2.05, 4.69) is 21.6 Å². The monoisotopic (exact) mass is 343 g/mol. The third-order valence-corrected chi connectivity index (χ3v) is 5.34. The van der Waals surface area contributed by atoms with E-state index in [4.69, 9.17) is 0 Å². The molecule has 5 nitrogen and oxygen atoms in total. The van der Waals surface area contributed by atoms with Gasteiger partial charge in [0, 0.05) is 12.1 Å². The van der Waals surface area contributed by atoms with Crippen molar-refractivity contribution in [1.82, 2.24) is 14.7 Å². The summed E-state index contributed by atoms with van der Waals surface area (Å²) in [6.07, 6.45) is 2.92. The summed E-state index contributed by atoms with van der Waals surface area (Å²) in [5, 5.41) is 0. The molecule has 3 aromatic rings. The van der Waals surface area contributed by atoms with Crippen molar-refractivity contribution in [2.45, 2.75) is 31.1 Å². The van der Waals surface area contributed by atoms with E-state index in [0.717, 1.165) is 36.2 Å². The molecule has 0 fully saturated rings. The third kappa shape index (κ3) is 3.66. The van der Waals surface area contributed by atoms with E-state index in [1.807, 2.05) is 30.3 Å². The van der Waals surface area contributed by atoms with Gasteiger partial charge >= 0.3 is 0 Å². The summed E-state index contributed by atoms with van der Waals surface area (Å²) in [5.74, 6) is 0.732. The maximum absolute atomic E-state index is 12.4. The van der Waals surface area contributed by atoms with Crippen LogP contribution in [-0.2, 0) is 10.0 Å². The predicted molar refractivity (Wildman–Crippen MR) is 96.2 cm³/mol. The Bertz CT molecular complexity index is 918. The highest BCUT2D eigenvalue weighted by atomic mass is 32.2. The van der Waals surface area contributed by atoms with Crippen LogP contribution in [0.1, 0.15) is 26.2 Å². The number of hydrogen-bond donors (Lipinski definition) is 2. The molecular formula is C18H21N3O2S. The molecule has 0 saturated heterocycles. The molecule has 0 amide bonds. The minimum Gasteiger partial charge on any atom is -0.338 e. The predicted octanol–water partition coefficient (Wildman–Crippen LogP) is 3.70. The van der Waals surface area contributed by atoms with Gasteiger partial charge < -0.3 is 4.98 Å². The average molecular weight is 343 g/mol. The van der Waals surface area contributed by atoms with Crippen LogP contribution in [0.4, 0.5) is 0 Å². The van der Waals surface area contributed by atoms with Crippen LogP contribution >= 0.6 is 0 Å². The number of benzene rings is 2. The molecule has 126 valence electrons. The number of nitrogens with one attached hydrogen (secondary N) is 2. The van der Waals surface area contributed by atoms with Gasteiger partial charge in [-0.2, -0.15) is 0 Å². The zero-order chi connectivity index (χ0) is 17.0. The van der Waals surface area contributed by atoms with Crippen LogP contribution in [0.2, 0.25) is 0 Å². The van der Waals surface area contributed by atoms with Gasteiger partial charge in [0.2, 0.25) is 10.0 Å². The van der Waals surface area contributed by atoms with Gasteiger partial charge in [-0.25, -0.2) is 18.1 Å². The van der Waals surface area contributed by atoms with Gasteiger partial charge in [-0.05, 0) is 24.6 Å². The van der Waals surface area contributed by atoms with Gasteiger partial charge in [0.25, 0.3) is 0 Å². The Balaban J connectivity index is 1.86. The van der Waals surface area contributed by atoms with Crippen LogP contribution in [-0.4, -0.2) is 24.9 Å². The Morgan fingerprint density at radius 3 is 2.62 bits per heavy atom. The van der Waals surface area contributed by atoms with Gasteiger partial charge in [0.15, 0.2) is 0 Å². The lowest BCUT2D eigenvalue weighted by molar-refractivity contribution is 0.576. The summed E-state index contributed by atoms with van der Waals surface area (Å²) in [7, 11) is -3.49. The molecular weight excluding hydrogens is 322 g/mol. The van der Waals surface area contributed by atoms with Crippen LogP contribution in [0.15, 0.2) is 53.4 Å². The van der Waals surface area contributed by atoms with Crippen LogP contribution in [0.25, 0.3) is 22.4 Å². The highest BCUT2D eigenvalue weighted by Crippen LogP contribution is 2.22. The Hall–Kier alpha value is -2.18. The minimum absolute atomic E-state index is 0.259. The Morgan fingerprint density at radius 2 is 1.88 bits per heavy atom. The van der Waals surface area contributed by atoms with Crippen LogP contribution in [0.3, 0.4) is 0 Å². The molecule has 1 aromatic heterocycles. The molecule has 24 heavy (non-hydrogen) atoms. The first-order valence-electron chi connectivity index (χ1n) is 8.15. The quantitative estimate of drug-likeness (QED) is 0.642. The lowest BCUT2D eigenvalue weighted by Crippen LogP contribution is -2.24. The van der Waals surface area contributed by atoms with Crippen LogP contribution in [0.5, 0.6) is 0 Å². The largest absolute Gasteiger partial charge is 0.338 e. The lowest BCUT2D eigenvalue weighted by atomic mass is 10.2. The molecule has 0 spiro atoms. The van der Waals surface area contributed by atoms with Crippen LogP contribution in [0, 0.1) is 0 Å². The van der Waals surface area contributed by atoms with E-state index in [9.17, 15) is 8.42 Å². The SMILES string of the molecule is CCCCCNS(=O)(=O)c1ccc2nc(-c3ccccc3)[nH]c2c1. The summed E-state index contributed by atoms with van der Waals surface area (Å²) in [6, 6.07) is 14.7. The van der Waals surface area contributed by atoms with Crippen molar-refractivity contribution in [2.75, 3.05) is 6.54 Å². The van der Waals surface area contributed by atoms with Crippen molar-refractivity contribution in [3.63, 3.8) is 0 Å². The fourth-order valence-electron chi connectivity index (χ4n) is 2.55. The molecule has 0 aliphatic heterocycles. The molecule has 2 aromatic carbocycles. The van der Waals surface area contributed by atoms with Crippen molar-refractivity contribution in [1.29, 1.82) is 0 Å². The number of nitrogens with zero attached hydrogens (tertiary/aromatic N) is 1. The van der Waals surface area contributed by atoms with E-state index >= 15 is 0 Å². The van der Waals surface area contributed by atoms with E-state index in [-0.39, 0.29) is 4.90 Å². The number of aromatic nitrogens is 2. The Kier molecular flexibility index (Phi) is 4.97. The summed E-state index contributed by atoms with van der Waals surface area (Å²) >= 11 is 0. The van der Waals surface area contributed by atoms with Gasteiger partial charge in [-0.1, -0.05) is 50.1 Å². The average Bonchev–Trinajstić information content (AvgIpc) is 3.03. The Labute approximate surface area is 142 Å². The molecule has 3 rings (SSSR count). The minimum atomic E-state index is -3.49. The topological polar surface area (TPSA) is 74.8 Å². The van der Waals surface area contributed by atoms with Crippen molar-refractivity contribution in [3.8, 4) is 11.4 Å². The second kappa shape index (κ2) is 7.15. The number of hydrogen-bond acceptors (Lipinski definition) is 3. The second-order valence-electron chi connectivity index (χ2n) is 5.74. The fraction of sp³-hybridized carbons (Fsp3) is 0.278. The molecule has 1 heterocycles. The number of unbranched alkanes of at least 4 members (excludes halogenated alkanes) is 2. The summed E-state index contributed by atoms with van der Waals surface area (Å²) in [6.45, 7) is 2.55. The van der Waals surface area contributed by atoms with Crippen molar-refractivity contribution < 1.29 is 8.42 Å². The van der Waals surface area contributed by atoms with Gasteiger partial charge in [-0.15, -0.1) is 0 Å². The standard InChI is InChI=1S/C18H21N3O2S/c1-2-3-7-12-19-24(22,23)15-10-11-16-17(13-15)21-18(20-16)14-8-5-4-6-9-14/h4-6,8-11,13,19H,2-3,7,12H2,1H3,(H,20,21). The first-order chi connectivity index (χ1) is 11.6. The highest BCUT2D eigenvalue weighted by Gasteiger charge is 2.15. The molecule has 0 saturated carbocycles. The number of fused-ring (bicyclic) bond motifs is 1. The highest BCUT2D eigenvalue weighted by molar-refractivity contribution is 7.89. The first-order valence-corrected chi connectivity index (χ1v) is 9.63. The second-order valence-corrected chi connectivity index (χ2v) is 7.50. The van der Waals surface area contributed by atoms with E-state index in [0.29, 0.717) is 12.1 Å². The molecule has 0 radical (unpaired) electrons. The summed E-state index contributed by atoms with van der Waals surface area (Å²) < 4.78 is 27.4. The van der Waals surface area contributed by atoms with Crippen molar-refractivity contribution in [2.24, 2.45) is 0 Å². The van der Waals surface area contributed by atoms with Gasteiger partial charge in [0.1, 0.15) is 5.82 Å². The maximum Gasteiger partial charge on any atom is 0.240 e. The normalized spacial score (nSPS) is 11.9. The molecule has 0 bridgehead atoms. The number of imidazole rings is 1. The van der Waals surface area contributed by atoms with Crippen molar-refractivity contribution >= 4 is 21.1 Å². The van der Waals surface area contributed by atoms with Gasteiger partial charge in [-0.3, -0.25) is 0 Å². The van der Waals surface area contributed by atoms with E-state index in [1.165, 1.54) is 0 Å². The van der Waals surface area contributed by atoms with Crippen molar-refractivity contribution in [3.05, 3.63) is 48.5 Å². The molecule has 0 aliphatic carbocycles. The van der Waals surface area contributed by atoms with Gasteiger partial charge in [0.05, 0.1) is 15.9 Å². The molecule has 0 aliphatic rings. The zero-order valence-corrected chi connectivity index (χ0v) is 14.4. The fourth-order valence-corrected chi connectivity index (χ4v) is 3.65. The first kappa shape index (κ1) is 16.7. The number of sulfonamides is 1. The lowest BCUT2D eigenvalue weighted by Gasteiger charge is -2.06. The zero-order valence-electron chi connectivity index (χ0n) is 13.6. The summed E-state index contributed by atoms with van der Waals surface area (Å²) in [4.78, 5) is 7.98. The van der Waals surface area contributed by atoms with Crippen LogP contribution < -0.4 is 4.72 Å². The third-order valence-electron chi connectivity index (χ3n) is 3.88. The smallest absolute Gasteiger partial charge is 0.240 e. The summed E-state index contributed by atoms with van der Waals surface area (Å²) in [5.41, 5.74) is 2.43. The molecule has 2 N–H and O–H groups in total. The molecule has 0 unspecified atom stereocenters. The number of aromatic amines is 1. The van der Waals surface area contributed by atoms with E-state index < -0.39 is 10.0 Å². The molecule has 0 atom stereocenters. The number of H-pyrrole nitrogens is 1. The maximum atomic E-state index is 12.4. The number of rotatable bonds is 7.